The number of fused-ring (bicyclic) bond motifs is 3. The molecule has 0 amide bonds. The van der Waals surface area contributed by atoms with Gasteiger partial charge in [-0.1, -0.05) is 48.5 Å². The summed E-state index contributed by atoms with van der Waals surface area (Å²) >= 11 is 5.34. The van der Waals surface area contributed by atoms with E-state index in [2.05, 4.69) is 52.2 Å². The normalized spacial score (nSPS) is 18.0. The van der Waals surface area contributed by atoms with Gasteiger partial charge in [-0.05, 0) is 36.2 Å². The van der Waals surface area contributed by atoms with Crippen molar-refractivity contribution in [3.63, 3.8) is 0 Å². The first-order chi connectivity index (χ1) is 11.8. The summed E-state index contributed by atoms with van der Waals surface area (Å²) in [5.74, 6) is 0. The van der Waals surface area contributed by atoms with Crippen molar-refractivity contribution in [1.82, 2.24) is 10.7 Å². The van der Waals surface area contributed by atoms with Crippen LogP contribution >= 0.6 is 12.2 Å². The highest BCUT2D eigenvalue weighted by Gasteiger charge is 2.24. The van der Waals surface area contributed by atoms with Gasteiger partial charge in [0.2, 0.25) is 0 Å². The minimum absolute atomic E-state index is 0.255. The van der Waals surface area contributed by atoms with Gasteiger partial charge in [-0.2, -0.15) is 5.10 Å². The molecule has 5 heteroatoms. The Labute approximate surface area is 146 Å². The van der Waals surface area contributed by atoms with Crippen molar-refractivity contribution in [2.75, 3.05) is 13.2 Å². The van der Waals surface area contributed by atoms with Crippen LogP contribution in [0.4, 0.5) is 0 Å². The monoisotopic (exact) mass is 337 g/mol. The van der Waals surface area contributed by atoms with Crippen molar-refractivity contribution >= 4 is 23.0 Å². The van der Waals surface area contributed by atoms with E-state index in [-0.39, 0.29) is 6.10 Å². The smallest absolute Gasteiger partial charge is 0.187 e. The average molecular weight is 337 g/mol. The highest BCUT2D eigenvalue weighted by molar-refractivity contribution is 7.80. The van der Waals surface area contributed by atoms with Gasteiger partial charge in [0.25, 0.3) is 0 Å². The fourth-order valence-electron chi connectivity index (χ4n) is 3.27. The summed E-state index contributed by atoms with van der Waals surface area (Å²) in [7, 11) is 0. The number of hydrazone groups is 1. The zero-order valence-electron chi connectivity index (χ0n) is 13.3. The zero-order chi connectivity index (χ0) is 16.4. The molecular weight excluding hydrogens is 318 g/mol. The SMILES string of the molecule is S=C(NC[C@@H]1CCCO1)NN=C1c2ccccc2-c2ccccc21. The van der Waals surface area contributed by atoms with Crippen LogP contribution < -0.4 is 10.7 Å². The third-order valence-electron chi connectivity index (χ3n) is 4.44. The van der Waals surface area contributed by atoms with Crippen molar-refractivity contribution in [3.05, 3.63) is 59.7 Å². The molecule has 1 saturated heterocycles. The maximum Gasteiger partial charge on any atom is 0.187 e. The number of ether oxygens (including phenoxy) is 1. The van der Waals surface area contributed by atoms with Crippen LogP contribution in [0.25, 0.3) is 11.1 Å². The molecule has 24 heavy (non-hydrogen) atoms. The van der Waals surface area contributed by atoms with Crippen molar-refractivity contribution in [2.45, 2.75) is 18.9 Å². The number of benzene rings is 2. The lowest BCUT2D eigenvalue weighted by molar-refractivity contribution is 0.114. The first-order valence-electron chi connectivity index (χ1n) is 8.25. The molecule has 1 fully saturated rings. The molecule has 0 saturated carbocycles. The van der Waals surface area contributed by atoms with E-state index in [1.54, 1.807) is 0 Å². The van der Waals surface area contributed by atoms with Gasteiger partial charge in [0.05, 0.1) is 11.8 Å². The standard InChI is InChI=1S/C19H19N3OS/c24-19(20-12-13-6-5-11-23-13)22-21-18-16-9-3-1-7-14(16)15-8-2-4-10-17(15)18/h1-4,7-10,13H,5-6,11-12H2,(H2,20,22,24)/t13-/m0/s1. The number of thiocarbonyl (C=S) groups is 1. The molecule has 4 rings (SSSR count). The fraction of sp³-hybridized carbons (Fsp3) is 0.263. The molecule has 4 nitrogen and oxygen atoms in total. The number of nitrogens with one attached hydrogen (secondary N) is 2. The lowest BCUT2D eigenvalue weighted by Crippen LogP contribution is -2.37. The minimum Gasteiger partial charge on any atom is -0.376 e. The number of rotatable bonds is 3. The molecule has 2 aromatic carbocycles. The number of nitrogens with zero attached hydrogens (tertiary/aromatic N) is 1. The van der Waals surface area contributed by atoms with Crippen molar-refractivity contribution in [3.8, 4) is 11.1 Å². The Balaban J connectivity index is 1.50. The number of hydrogen-bond donors (Lipinski definition) is 2. The van der Waals surface area contributed by atoms with Gasteiger partial charge in [0.15, 0.2) is 5.11 Å². The highest BCUT2D eigenvalue weighted by Crippen LogP contribution is 2.36. The molecule has 0 unspecified atom stereocenters. The average Bonchev–Trinajstić information content (AvgIpc) is 3.25. The summed E-state index contributed by atoms with van der Waals surface area (Å²) in [4.78, 5) is 0. The Bertz CT molecular complexity index is 749. The van der Waals surface area contributed by atoms with Crippen LogP contribution in [-0.2, 0) is 4.74 Å². The second-order valence-electron chi connectivity index (χ2n) is 6.01. The quantitative estimate of drug-likeness (QED) is 0.570. The van der Waals surface area contributed by atoms with Gasteiger partial charge in [0.1, 0.15) is 0 Å². The van der Waals surface area contributed by atoms with E-state index in [0.29, 0.717) is 5.11 Å². The Morgan fingerprint density at radius 1 is 1.04 bits per heavy atom. The van der Waals surface area contributed by atoms with Crippen LogP contribution in [0.3, 0.4) is 0 Å². The van der Waals surface area contributed by atoms with Gasteiger partial charge in [-0.25, -0.2) is 0 Å². The largest absolute Gasteiger partial charge is 0.376 e. The van der Waals surface area contributed by atoms with E-state index >= 15 is 0 Å². The molecule has 0 bridgehead atoms. The van der Waals surface area contributed by atoms with Gasteiger partial charge >= 0.3 is 0 Å². The summed E-state index contributed by atoms with van der Waals surface area (Å²) in [6.45, 7) is 1.58. The minimum atomic E-state index is 0.255. The molecular formula is C19H19N3OS. The molecule has 0 aromatic heterocycles. The van der Waals surface area contributed by atoms with Gasteiger partial charge in [-0.3, -0.25) is 5.43 Å². The van der Waals surface area contributed by atoms with E-state index in [9.17, 15) is 0 Å². The summed E-state index contributed by atoms with van der Waals surface area (Å²) in [6, 6.07) is 16.6. The summed E-state index contributed by atoms with van der Waals surface area (Å²) in [5.41, 5.74) is 8.61. The third kappa shape index (κ3) is 2.92. The fourth-order valence-corrected chi connectivity index (χ4v) is 3.40. The van der Waals surface area contributed by atoms with E-state index < -0.39 is 0 Å². The third-order valence-corrected chi connectivity index (χ3v) is 4.67. The van der Waals surface area contributed by atoms with Crippen LogP contribution in [0.2, 0.25) is 0 Å². The molecule has 2 aliphatic rings. The van der Waals surface area contributed by atoms with Gasteiger partial charge in [-0.15, -0.1) is 0 Å². The first kappa shape index (κ1) is 15.3. The van der Waals surface area contributed by atoms with Crippen molar-refractivity contribution in [2.24, 2.45) is 5.10 Å². The molecule has 1 heterocycles. The molecule has 122 valence electrons. The Morgan fingerprint density at radius 3 is 2.25 bits per heavy atom. The van der Waals surface area contributed by atoms with Crippen molar-refractivity contribution in [1.29, 1.82) is 0 Å². The van der Waals surface area contributed by atoms with E-state index in [1.807, 2.05) is 12.1 Å². The van der Waals surface area contributed by atoms with Gasteiger partial charge in [0, 0.05) is 24.3 Å². The van der Waals surface area contributed by atoms with E-state index in [4.69, 9.17) is 17.0 Å². The topological polar surface area (TPSA) is 45.6 Å². The molecule has 1 aliphatic heterocycles. The maximum atomic E-state index is 5.59. The second-order valence-corrected chi connectivity index (χ2v) is 6.42. The summed E-state index contributed by atoms with van der Waals surface area (Å²) in [6.07, 6.45) is 2.47. The van der Waals surface area contributed by atoms with E-state index in [0.717, 1.165) is 42.8 Å². The Kier molecular flexibility index (Phi) is 4.28. The van der Waals surface area contributed by atoms with Crippen LogP contribution in [0.5, 0.6) is 0 Å². The zero-order valence-corrected chi connectivity index (χ0v) is 14.1. The van der Waals surface area contributed by atoms with Crippen molar-refractivity contribution < 1.29 is 4.74 Å². The second kappa shape index (κ2) is 6.71. The summed E-state index contributed by atoms with van der Waals surface area (Å²) in [5, 5.41) is 8.29. The van der Waals surface area contributed by atoms with Gasteiger partial charge < -0.3 is 10.1 Å². The van der Waals surface area contributed by atoms with Crippen LogP contribution in [0.15, 0.2) is 53.6 Å². The molecule has 0 spiro atoms. The van der Waals surface area contributed by atoms with Crippen LogP contribution in [0, 0.1) is 0 Å². The van der Waals surface area contributed by atoms with Crippen LogP contribution in [0.1, 0.15) is 24.0 Å². The first-order valence-corrected chi connectivity index (χ1v) is 8.66. The predicted octanol–water partition coefficient (Wildman–Crippen LogP) is 3.06. The highest BCUT2D eigenvalue weighted by atomic mass is 32.1. The maximum absolute atomic E-state index is 5.59. The molecule has 1 atom stereocenters. The molecule has 2 aromatic rings. The van der Waals surface area contributed by atoms with E-state index in [1.165, 1.54) is 11.1 Å². The molecule has 0 radical (unpaired) electrons. The predicted molar refractivity (Wildman–Crippen MR) is 100 cm³/mol. The Morgan fingerprint density at radius 2 is 1.67 bits per heavy atom. The molecule has 1 aliphatic carbocycles. The summed E-state index contributed by atoms with van der Waals surface area (Å²) < 4.78 is 5.59. The lowest BCUT2D eigenvalue weighted by atomic mass is 10.1. The lowest BCUT2D eigenvalue weighted by Gasteiger charge is -2.12. The van der Waals surface area contributed by atoms with Crippen LogP contribution in [-0.4, -0.2) is 30.1 Å². The number of hydrogen-bond acceptors (Lipinski definition) is 3. The Hall–Kier alpha value is -2.24. The molecule has 2 N–H and O–H groups in total.